The van der Waals surface area contributed by atoms with Crippen LogP contribution in [-0.4, -0.2) is 19.9 Å². The molecule has 1 aromatic carbocycles. The molecule has 0 aliphatic carbocycles. The first-order valence-electron chi connectivity index (χ1n) is 7.04. The third-order valence-corrected chi connectivity index (χ3v) is 3.48. The van der Waals surface area contributed by atoms with Crippen LogP contribution in [0.5, 0.6) is 0 Å². The first-order valence-corrected chi connectivity index (χ1v) is 7.04. The minimum atomic E-state index is -0.507. The molecule has 0 saturated heterocycles. The molecule has 0 spiro atoms. The van der Waals surface area contributed by atoms with Gasteiger partial charge in [0.25, 0.3) is 5.69 Å². The van der Waals surface area contributed by atoms with Crippen molar-refractivity contribution in [1.29, 1.82) is 5.26 Å². The van der Waals surface area contributed by atoms with Crippen LogP contribution < -0.4 is 11.5 Å². The summed E-state index contributed by atoms with van der Waals surface area (Å²) in [4.78, 5) is 22.1. The summed E-state index contributed by atoms with van der Waals surface area (Å²) in [5, 5.41) is 19.9. The minimum Gasteiger partial charge on any atom is -0.382 e. The van der Waals surface area contributed by atoms with Crippen molar-refractivity contribution >= 4 is 17.5 Å². The summed E-state index contributed by atoms with van der Waals surface area (Å²) in [5.41, 5.74) is 13.7. The Morgan fingerprint density at radius 3 is 2.28 bits per heavy atom. The van der Waals surface area contributed by atoms with Crippen LogP contribution in [0.15, 0.2) is 42.6 Å². The maximum atomic E-state index is 10.7. The van der Waals surface area contributed by atoms with Crippen LogP contribution >= 0.6 is 0 Å². The van der Waals surface area contributed by atoms with Gasteiger partial charge >= 0.3 is 0 Å². The van der Waals surface area contributed by atoms with Gasteiger partial charge in [-0.1, -0.05) is 24.3 Å². The summed E-state index contributed by atoms with van der Waals surface area (Å²) >= 11 is 0. The Kier molecular flexibility index (Phi) is 3.93. The Morgan fingerprint density at radius 2 is 1.72 bits per heavy atom. The van der Waals surface area contributed by atoms with Gasteiger partial charge in [0, 0.05) is 17.2 Å². The molecule has 0 bridgehead atoms. The number of nitrogens with zero attached hydrogens (tertiary/aromatic N) is 5. The number of nitro groups is 1. The van der Waals surface area contributed by atoms with Crippen molar-refractivity contribution in [2.45, 2.75) is 0 Å². The van der Waals surface area contributed by atoms with E-state index in [0.29, 0.717) is 17.0 Å². The molecule has 2 aromatic heterocycles. The molecule has 0 fully saturated rings. The number of nitriles is 1. The molecule has 0 radical (unpaired) electrons. The number of nitrogens with two attached hydrogens (primary N) is 2. The zero-order valence-electron chi connectivity index (χ0n) is 12.7. The van der Waals surface area contributed by atoms with Gasteiger partial charge in [-0.3, -0.25) is 10.1 Å². The van der Waals surface area contributed by atoms with Gasteiger partial charge in [-0.15, -0.1) is 0 Å². The van der Waals surface area contributed by atoms with Gasteiger partial charge in [-0.2, -0.15) is 10.2 Å². The maximum absolute atomic E-state index is 10.7. The van der Waals surface area contributed by atoms with Crippen LogP contribution in [0.2, 0.25) is 0 Å². The molecule has 9 heteroatoms. The summed E-state index contributed by atoms with van der Waals surface area (Å²) in [6.07, 6.45) is 1.20. The Morgan fingerprint density at radius 1 is 1.04 bits per heavy atom. The third kappa shape index (κ3) is 3.04. The molecule has 0 atom stereocenters. The van der Waals surface area contributed by atoms with Crippen LogP contribution in [0.25, 0.3) is 22.5 Å². The standard InChI is InChI=1S/C16H11N7O2/c17-7-12-14(21-16(19)22-15(12)18)10-3-1-9(2-4-10)13-6-5-11(8-20-13)23(24)25/h1-6,8H,(H4,18,19,21,22). The van der Waals surface area contributed by atoms with E-state index in [1.807, 2.05) is 6.07 Å². The van der Waals surface area contributed by atoms with Crippen molar-refractivity contribution in [2.75, 3.05) is 11.5 Å². The topological polar surface area (TPSA) is 158 Å². The van der Waals surface area contributed by atoms with Gasteiger partial charge in [0.15, 0.2) is 0 Å². The molecule has 4 N–H and O–H groups in total. The highest BCUT2D eigenvalue weighted by atomic mass is 16.6. The quantitative estimate of drug-likeness (QED) is 0.545. The normalized spacial score (nSPS) is 10.2. The van der Waals surface area contributed by atoms with E-state index in [-0.39, 0.29) is 23.0 Å². The highest BCUT2D eigenvalue weighted by Gasteiger charge is 2.13. The Labute approximate surface area is 141 Å². The molecule has 122 valence electrons. The number of rotatable bonds is 3. The zero-order valence-corrected chi connectivity index (χ0v) is 12.7. The summed E-state index contributed by atoms with van der Waals surface area (Å²) in [7, 11) is 0. The average Bonchev–Trinajstić information content (AvgIpc) is 2.61. The monoisotopic (exact) mass is 333 g/mol. The largest absolute Gasteiger partial charge is 0.382 e. The van der Waals surface area contributed by atoms with Crippen molar-refractivity contribution < 1.29 is 4.92 Å². The highest BCUT2D eigenvalue weighted by molar-refractivity contribution is 5.75. The Bertz CT molecular complexity index is 993. The van der Waals surface area contributed by atoms with Gasteiger partial charge in [0.05, 0.1) is 16.3 Å². The molecule has 9 nitrogen and oxygen atoms in total. The molecule has 0 saturated carbocycles. The molecule has 0 aliphatic heterocycles. The van der Waals surface area contributed by atoms with Gasteiger partial charge < -0.3 is 11.5 Å². The van der Waals surface area contributed by atoms with Crippen LogP contribution in [0, 0.1) is 21.4 Å². The van der Waals surface area contributed by atoms with Gasteiger partial charge in [-0.25, -0.2) is 9.97 Å². The Hall–Kier alpha value is -4.06. The molecular weight excluding hydrogens is 322 g/mol. The van der Waals surface area contributed by atoms with E-state index in [0.717, 1.165) is 5.56 Å². The van der Waals surface area contributed by atoms with Crippen LogP contribution in [-0.2, 0) is 0 Å². The number of hydrogen-bond donors (Lipinski definition) is 2. The molecule has 0 amide bonds. The van der Waals surface area contributed by atoms with Crippen molar-refractivity contribution in [1.82, 2.24) is 15.0 Å². The lowest BCUT2D eigenvalue weighted by molar-refractivity contribution is -0.385. The predicted octanol–water partition coefficient (Wildman–Crippen LogP) is 2.15. The summed E-state index contributed by atoms with van der Waals surface area (Å²) < 4.78 is 0. The van der Waals surface area contributed by atoms with Crippen LogP contribution in [0.1, 0.15) is 5.56 Å². The van der Waals surface area contributed by atoms with Gasteiger partial charge in [0.1, 0.15) is 23.6 Å². The molecule has 25 heavy (non-hydrogen) atoms. The number of hydrogen-bond acceptors (Lipinski definition) is 8. The lowest BCUT2D eigenvalue weighted by atomic mass is 10.0. The highest BCUT2D eigenvalue weighted by Crippen LogP contribution is 2.27. The van der Waals surface area contributed by atoms with E-state index in [9.17, 15) is 15.4 Å². The number of nitrogen functional groups attached to an aromatic ring is 2. The fourth-order valence-electron chi connectivity index (χ4n) is 2.28. The second-order valence-corrected chi connectivity index (χ2v) is 5.04. The van der Waals surface area contributed by atoms with Gasteiger partial charge in [0.2, 0.25) is 5.95 Å². The van der Waals surface area contributed by atoms with Crippen molar-refractivity contribution in [2.24, 2.45) is 0 Å². The maximum Gasteiger partial charge on any atom is 0.287 e. The third-order valence-electron chi connectivity index (χ3n) is 3.48. The lowest BCUT2D eigenvalue weighted by Crippen LogP contribution is -2.04. The first kappa shape index (κ1) is 15.8. The van der Waals surface area contributed by atoms with Crippen molar-refractivity contribution in [3.63, 3.8) is 0 Å². The van der Waals surface area contributed by atoms with Crippen LogP contribution in [0.4, 0.5) is 17.5 Å². The van der Waals surface area contributed by atoms with E-state index < -0.39 is 4.92 Å². The van der Waals surface area contributed by atoms with E-state index in [1.54, 1.807) is 30.3 Å². The van der Waals surface area contributed by atoms with Crippen LogP contribution in [0.3, 0.4) is 0 Å². The number of aromatic nitrogens is 3. The minimum absolute atomic E-state index is 0.0195. The molecule has 3 rings (SSSR count). The number of anilines is 2. The molecule has 0 aliphatic rings. The van der Waals surface area contributed by atoms with Gasteiger partial charge in [-0.05, 0) is 6.07 Å². The molecule has 3 aromatic rings. The molecule has 2 heterocycles. The fourth-order valence-corrected chi connectivity index (χ4v) is 2.28. The SMILES string of the molecule is N#Cc1c(N)nc(N)nc1-c1ccc(-c2ccc([N+](=O)[O-])cn2)cc1. The zero-order chi connectivity index (χ0) is 18.0. The summed E-state index contributed by atoms with van der Waals surface area (Å²) in [5.74, 6) is -0.00118. The number of pyridine rings is 1. The fraction of sp³-hybridized carbons (Fsp3) is 0. The van der Waals surface area contributed by atoms with E-state index in [2.05, 4.69) is 15.0 Å². The molecule has 0 unspecified atom stereocenters. The molecular formula is C16H11N7O2. The van der Waals surface area contributed by atoms with E-state index in [4.69, 9.17) is 11.5 Å². The first-order chi connectivity index (χ1) is 12.0. The number of benzene rings is 1. The summed E-state index contributed by atoms with van der Waals surface area (Å²) in [6, 6.07) is 11.9. The van der Waals surface area contributed by atoms with E-state index in [1.165, 1.54) is 12.3 Å². The predicted molar refractivity (Wildman–Crippen MR) is 90.9 cm³/mol. The smallest absolute Gasteiger partial charge is 0.287 e. The second kappa shape index (κ2) is 6.21. The van der Waals surface area contributed by atoms with E-state index >= 15 is 0 Å². The van der Waals surface area contributed by atoms with Crippen molar-refractivity contribution in [3.8, 4) is 28.6 Å². The lowest BCUT2D eigenvalue weighted by Gasteiger charge is -2.07. The average molecular weight is 333 g/mol. The summed E-state index contributed by atoms with van der Waals surface area (Å²) in [6.45, 7) is 0. The Balaban J connectivity index is 1.98. The van der Waals surface area contributed by atoms with Crippen molar-refractivity contribution in [3.05, 3.63) is 58.3 Å². The second-order valence-electron chi connectivity index (χ2n) is 5.04.